The topological polar surface area (TPSA) is 31.2 Å². The molecule has 0 amide bonds. The van der Waals surface area contributed by atoms with E-state index in [-0.39, 0.29) is 5.78 Å². The Morgan fingerprint density at radius 3 is 2.31 bits per heavy atom. The maximum Gasteiger partial charge on any atom is 0.182 e. The zero-order chi connectivity index (χ0) is 17.8. The van der Waals surface area contributed by atoms with Crippen LogP contribution in [-0.4, -0.2) is 10.4 Å². The number of ketones is 1. The summed E-state index contributed by atoms with van der Waals surface area (Å²) in [7, 11) is 0. The minimum Gasteiger partial charge on any atom is -0.488 e. The van der Waals surface area contributed by atoms with Gasteiger partial charge in [-0.1, -0.05) is 66.7 Å². The smallest absolute Gasteiger partial charge is 0.182 e. The minimum atomic E-state index is 0.0960. The highest BCUT2D eigenvalue weighted by molar-refractivity contribution is 5.97. The average molecular weight is 341 g/mol. The lowest BCUT2D eigenvalue weighted by Gasteiger charge is -2.09. The summed E-state index contributed by atoms with van der Waals surface area (Å²) >= 11 is 0. The Morgan fingerprint density at radius 1 is 0.808 bits per heavy atom. The summed E-state index contributed by atoms with van der Waals surface area (Å²) in [6.45, 7) is 0.837. The van der Waals surface area contributed by atoms with Crippen LogP contribution in [0.25, 0.3) is 10.9 Å². The largest absolute Gasteiger partial charge is 0.488 e. The average Bonchev–Trinajstić information content (AvgIpc) is 3.11. The molecule has 4 aromatic rings. The molecule has 0 radical (unpaired) electrons. The summed E-state index contributed by atoms with van der Waals surface area (Å²) in [4.78, 5) is 12.5. The van der Waals surface area contributed by atoms with Crippen molar-refractivity contribution >= 4 is 16.7 Å². The predicted molar refractivity (Wildman–Crippen MR) is 103 cm³/mol. The molecule has 26 heavy (non-hydrogen) atoms. The van der Waals surface area contributed by atoms with Gasteiger partial charge in [-0.15, -0.1) is 0 Å². The lowest BCUT2D eigenvalue weighted by molar-refractivity contribution is 0.0973. The van der Waals surface area contributed by atoms with Gasteiger partial charge in [-0.05, 0) is 23.8 Å². The Hall–Kier alpha value is -3.33. The van der Waals surface area contributed by atoms with Crippen LogP contribution in [0.2, 0.25) is 0 Å². The number of fused-ring (bicyclic) bond motifs is 1. The van der Waals surface area contributed by atoms with Crippen molar-refractivity contribution in [3.05, 3.63) is 102 Å². The van der Waals surface area contributed by atoms with Crippen LogP contribution in [0.5, 0.6) is 5.75 Å². The van der Waals surface area contributed by atoms with Gasteiger partial charge in [-0.3, -0.25) is 4.79 Å². The highest BCUT2D eigenvalue weighted by atomic mass is 16.5. The van der Waals surface area contributed by atoms with Crippen molar-refractivity contribution in [2.75, 3.05) is 0 Å². The van der Waals surface area contributed by atoms with Gasteiger partial charge in [0.15, 0.2) is 5.78 Å². The molecule has 1 aromatic heterocycles. The molecular formula is C23H19NO2. The molecule has 128 valence electrons. The molecular weight excluding hydrogens is 322 g/mol. The van der Waals surface area contributed by atoms with E-state index in [1.165, 1.54) is 0 Å². The van der Waals surface area contributed by atoms with Gasteiger partial charge >= 0.3 is 0 Å². The van der Waals surface area contributed by atoms with Gasteiger partial charge in [-0.2, -0.15) is 0 Å². The number of hydrogen-bond donors (Lipinski definition) is 0. The van der Waals surface area contributed by atoms with Crippen LogP contribution in [0, 0.1) is 0 Å². The summed E-state index contributed by atoms with van der Waals surface area (Å²) in [5.41, 5.74) is 2.86. The molecule has 3 aromatic carbocycles. The second kappa shape index (κ2) is 7.28. The van der Waals surface area contributed by atoms with Crippen molar-refractivity contribution in [3.63, 3.8) is 0 Å². The number of rotatable bonds is 6. The first-order valence-corrected chi connectivity index (χ1v) is 8.64. The quantitative estimate of drug-likeness (QED) is 0.457. The van der Waals surface area contributed by atoms with Crippen LogP contribution in [0.1, 0.15) is 15.9 Å². The van der Waals surface area contributed by atoms with Gasteiger partial charge in [0.2, 0.25) is 0 Å². The number of aromatic nitrogens is 1. The van der Waals surface area contributed by atoms with E-state index in [1.807, 2.05) is 95.7 Å². The lowest BCUT2D eigenvalue weighted by Crippen LogP contribution is -2.09. The normalized spacial score (nSPS) is 10.8. The number of benzene rings is 3. The first-order valence-electron chi connectivity index (χ1n) is 8.64. The molecule has 0 atom stereocenters. The van der Waals surface area contributed by atoms with Crippen molar-refractivity contribution in [1.82, 2.24) is 4.57 Å². The van der Waals surface area contributed by atoms with Gasteiger partial charge in [-0.25, -0.2) is 0 Å². The van der Waals surface area contributed by atoms with Crippen LogP contribution >= 0.6 is 0 Å². The highest BCUT2D eigenvalue weighted by Gasteiger charge is 2.11. The van der Waals surface area contributed by atoms with Gasteiger partial charge < -0.3 is 9.30 Å². The van der Waals surface area contributed by atoms with Crippen LogP contribution in [0.4, 0.5) is 0 Å². The molecule has 0 saturated heterocycles. The van der Waals surface area contributed by atoms with Crippen LogP contribution in [0.3, 0.4) is 0 Å². The van der Waals surface area contributed by atoms with E-state index >= 15 is 0 Å². The van der Waals surface area contributed by atoms with E-state index in [1.54, 1.807) is 0 Å². The SMILES string of the molecule is O=C(Cn1ccc2c(OCc3ccccc3)cccc21)c1ccccc1. The molecule has 1 heterocycles. The van der Waals surface area contributed by atoms with Crippen molar-refractivity contribution in [2.24, 2.45) is 0 Å². The number of hydrogen-bond acceptors (Lipinski definition) is 2. The maximum absolute atomic E-state index is 12.5. The van der Waals surface area contributed by atoms with Crippen molar-refractivity contribution < 1.29 is 9.53 Å². The molecule has 3 heteroatoms. The Balaban J connectivity index is 1.56. The third-order valence-corrected chi connectivity index (χ3v) is 4.42. The summed E-state index contributed by atoms with van der Waals surface area (Å²) in [6.07, 6.45) is 1.95. The first-order chi connectivity index (χ1) is 12.8. The van der Waals surface area contributed by atoms with Crippen molar-refractivity contribution in [3.8, 4) is 5.75 Å². The molecule has 0 unspecified atom stereocenters. The number of carbonyl (C=O) groups is 1. The molecule has 0 spiro atoms. The van der Waals surface area contributed by atoms with E-state index in [4.69, 9.17) is 4.74 Å². The predicted octanol–water partition coefficient (Wildman–Crippen LogP) is 5.10. The minimum absolute atomic E-state index is 0.0960. The fourth-order valence-electron chi connectivity index (χ4n) is 3.06. The van der Waals surface area contributed by atoms with Gasteiger partial charge in [0.05, 0.1) is 12.1 Å². The van der Waals surface area contributed by atoms with Crippen LogP contribution < -0.4 is 4.74 Å². The van der Waals surface area contributed by atoms with Crippen LogP contribution in [0.15, 0.2) is 91.1 Å². The molecule has 4 rings (SSSR count). The molecule has 0 aliphatic carbocycles. The first kappa shape index (κ1) is 16.2. The Labute approximate surface area is 152 Å². The second-order valence-corrected chi connectivity index (χ2v) is 6.20. The lowest BCUT2D eigenvalue weighted by atomic mass is 10.1. The summed E-state index contributed by atoms with van der Waals surface area (Å²) in [5.74, 6) is 0.927. The highest BCUT2D eigenvalue weighted by Crippen LogP contribution is 2.27. The molecule has 0 saturated carbocycles. The Kier molecular flexibility index (Phi) is 4.52. The number of nitrogens with zero attached hydrogens (tertiary/aromatic N) is 1. The molecule has 0 bridgehead atoms. The van der Waals surface area contributed by atoms with Crippen molar-refractivity contribution in [1.29, 1.82) is 0 Å². The third kappa shape index (κ3) is 3.38. The molecule has 3 nitrogen and oxygen atoms in total. The number of Topliss-reactive ketones (excluding diaryl/α,β-unsaturated/α-hetero) is 1. The standard InChI is InChI=1S/C23H19NO2/c25-22(19-10-5-2-6-11-19)16-24-15-14-20-21(24)12-7-13-23(20)26-17-18-8-3-1-4-9-18/h1-15H,16-17H2. The van der Waals surface area contributed by atoms with E-state index in [9.17, 15) is 4.79 Å². The maximum atomic E-state index is 12.5. The molecule has 0 aliphatic heterocycles. The zero-order valence-electron chi connectivity index (χ0n) is 14.3. The number of carbonyl (C=O) groups excluding carboxylic acids is 1. The summed E-state index contributed by atoms with van der Waals surface area (Å²) < 4.78 is 7.98. The van der Waals surface area contributed by atoms with Crippen LogP contribution in [-0.2, 0) is 13.2 Å². The van der Waals surface area contributed by atoms with Crippen molar-refractivity contribution in [2.45, 2.75) is 13.2 Å². The second-order valence-electron chi connectivity index (χ2n) is 6.20. The van der Waals surface area contributed by atoms with Gasteiger partial charge in [0, 0.05) is 17.1 Å². The molecule has 0 fully saturated rings. The summed E-state index contributed by atoms with van der Waals surface area (Å²) in [6, 6.07) is 27.4. The van der Waals surface area contributed by atoms with Gasteiger partial charge in [0.25, 0.3) is 0 Å². The van der Waals surface area contributed by atoms with E-state index in [0.717, 1.165) is 27.8 Å². The Morgan fingerprint density at radius 2 is 1.54 bits per heavy atom. The van der Waals surface area contributed by atoms with E-state index < -0.39 is 0 Å². The molecule has 0 aliphatic rings. The van der Waals surface area contributed by atoms with Gasteiger partial charge in [0.1, 0.15) is 12.4 Å². The fraction of sp³-hybridized carbons (Fsp3) is 0.0870. The monoisotopic (exact) mass is 341 g/mol. The third-order valence-electron chi connectivity index (χ3n) is 4.42. The Bertz CT molecular complexity index is 1020. The number of ether oxygens (including phenoxy) is 1. The fourth-order valence-corrected chi connectivity index (χ4v) is 3.06. The van der Waals surface area contributed by atoms with E-state index in [2.05, 4.69) is 0 Å². The summed E-state index contributed by atoms with van der Waals surface area (Å²) in [5, 5.41) is 1.02. The molecule has 0 N–H and O–H groups in total. The van der Waals surface area contributed by atoms with E-state index in [0.29, 0.717) is 13.2 Å². The zero-order valence-corrected chi connectivity index (χ0v) is 14.3.